The minimum absolute atomic E-state index is 0.212. The normalized spacial score (nSPS) is 20.0. The number of nitrogens with zero attached hydrogens (tertiary/aromatic N) is 1. The number of carbonyl (C=O) groups excluding carboxylic acids is 1. The summed E-state index contributed by atoms with van der Waals surface area (Å²) in [6.07, 6.45) is 0. The lowest BCUT2D eigenvalue weighted by atomic mass is 10.1. The maximum Gasteiger partial charge on any atom is 0.343 e. The predicted octanol–water partition coefficient (Wildman–Crippen LogP) is 2.11. The molecule has 4 nitrogen and oxygen atoms in total. The average molecular weight is 244 g/mol. The van der Waals surface area contributed by atoms with Crippen LogP contribution >= 0.6 is 23.2 Å². The highest BCUT2D eigenvalue weighted by Crippen LogP contribution is 2.27. The van der Waals surface area contributed by atoms with E-state index in [1.54, 1.807) is 18.2 Å². The van der Waals surface area contributed by atoms with Gasteiger partial charge < -0.3 is 11.1 Å². The van der Waals surface area contributed by atoms with Gasteiger partial charge in [-0.05, 0) is 12.1 Å². The Morgan fingerprint density at radius 2 is 2.13 bits per heavy atom. The third-order valence-corrected chi connectivity index (χ3v) is 2.63. The Morgan fingerprint density at radius 3 is 2.67 bits per heavy atom. The number of carbonyl (C=O) groups is 1. The van der Waals surface area contributed by atoms with E-state index in [0.29, 0.717) is 15.6 Å². The molecule has 1 aliphatic heterocycles. The topological polar surface area (TPSA) is 67.5 Å². The fraction of sp³-hybridized carbons (Fsp3) is 0.111. The minimum atomic E-state index is -0.456. The van der Waals surface area contributed by atoms with Crippen molar-refractivity contribution in [1.29, 1.82) is 0 Å². The van der Waals surface area contributed by atoms with Gasteiger partial charge in [0.15, 0.2) is 0 Å². The molecule has 78 valence electrons. The molecular formula is C9H7Cl2N3O. The number of aliphatic imine (C=N–C) groups is 1. The highest BCUT2D eigenvalue weighted by atomic mass is 35.5. The molecule has 0 bridgehead atoms. The molecule has 0 saturated heterocycles. The number of hydrogen-bond donors (Lipinski definition) is 2. The van der Waals surface area contributed by atoms with Crippen molar-refractivity contribution < 1.29 is 4.79 Å². The maximum absolute atomic E-state index is 11.0. The van der Waals surface area contributed by atoms with Gasteiger partial charge in [0.25, 0.3) is 0 Å². The van der Waals surface area contributed by atoms with Crippen LogP contribution in [0, 0.1) is 0 Å². The lowest BCUT2D eigenvalue weighted by Gasteiger charge is -2.12. The number of nitrogens with one attached hydrogen (secondary N) is 1. The molecule has 15 heavy (non-hydrogen) atoms. The SMILES string of the molecule is NC1=NC(=O)NC1c1ccc(Cl)cc1Cl. The molecule has 0 aromatic heterocycles. The Bertz CT molecular complexity index is 459. The molecule has 0 spiro atoms. The van der Waals surface area contributed by atoms with Gasteiger partial charge in [-0.1, -0.05) is 29.3 Å². The van der Waals surface area contributed by atoms with Gasteiger partial charge >= 0.3 is 6.03 Å². The highest BCUT2D eigenvalue weighted by Gasteiger charge is 2.26. The molecule has 2 rings (SSSR count). The molecular weight excluding hydrogens is 237 g/mol. The van der Waals surface area contributed by atoms with E-state index in [4.69, 9.17) is 28.9 Å². The Kier molecular flexibility index (Phi) is 2.54. The second-order valence-corrected chi connectivity index (χ2v) is 3.93. The van der Waals surface area contributed by atoms with Crippen LogP contribution in [0.15, 0.2) is 23.2 Å². The molecule has 0 radical (unpaired) electrons. The van der Waals surface area contributed by atoms with Crippen LogP contribution < -0.4 is 11.1 Å². The van der Waals surface area contributed by atoms with Gasteiger partial charge in [0.1, 0.15) is 11.9 Å². The van der Waals surface area contributed by atoms with Gasteiger partial charge in [-0.25, -0.2) is 4.79 Å². The summed E-state index contributed by atoms with van der Waals surface area (Å²) in [4.78, 5) is 14.5. The monoisotopic (exact) mass is 243 g/mol. The first-order valence-corrected chi connectivity index (χ1v) is 4.93. The molecule has 2 amide bonds. The lowest BCUT2D eigenvalue weighted by Crippen LogP contribution is -2.28. The van der Waals surface area contributed by atoms with Crippen LogP contribution in [-0.4, -0.2) is 11.9 Å². The largest absolute Gasteiger partial charge is 0.385 e. The average Bonchev–Trinajstić information content (AvgIpc) is 2.45. The number of halogens is 2. The summed E-state index contributed by atoms with van der Waals surface area (Å²) in [7, 11) is 0. The third-order valence-electron chi connectivity index (χ3n) is 2.07. The summed E-state index contributed by atoms with van der Waals surface area (Å²) in [6.45, 7) is 0. The molecule has 1 aliphatic rings. The van der Waals surface area contributed by atoms with Crippen molar-refractivity contribution in [3.63, 3.8) is 0 Å². The quantitative estimate of drug-likeness (QED) is 0.794. The maximum atomic E-state index is 11.0. The molecule has 1 aromatic rings. The Labute approximate surface area is 96.1 Å². The van der Waals surface area contributed by atoms with E-state index in [0.717, 1.165) is 0 Å². The van der Waals surface area contributed by atoms with E-state index >= 15 is 0 Å². The summed E-state index contributed by atoms with van der Waals surface area (Å²) < 4.78 is 0. The fourth-order valence-electron chi connectivity index (χ4n) is 1.38. The molecule has 0 fully saturated rings. The van der Waals surface area contributed by atoms with Crippen molar-refractivity contribution in [2.45, 2.75) is 6.04 Å². The second kappa shape index (κ2) is 3.72. The van der Waals surface area contributed by atoms with Gasteiger partial charge in [-0.3, -0.25) is 0 Å². The molecule has 1 atom stereocenters. The van der Waals surface area contributed by atoms with Gasteiger partial charge in [0, 0.05) is 15.6 Å². The van der Waals surface area contributed by atoms with Crippen LogP contribution in [0.3, 0.4) is 0 Å². The van der Waals surface area contributed by atoms with Crippen molar-refractivity contribution in [2.75, 3.05) is 0 Å². The van der Waals surface area contributed by atoms with Crippen LogP contribution in [0.5, 0.6) is 0 Å². The summed E-state index contributed by atoms with van der Waals surface area (Å²) in [5, 5.41) is 3.57. The molecule has 1 unspecified atom stereocenters. The fourth-order valence-corrected chi connectivity index (χ4v) is 1.90. The van der Waals surface area contributed by atoms with E-state index < -0.39 is 12.1 Å². The molecule has 6 heteroatoms. The Hall–Kier alpha value is -1.26. The molecule has 0 aliphatic carbocycles. The van der Waals surface area contributed by atoms with Crippen LogP contribution in [0.1, 0.15) is 11.6 Å². The summed E-state index contributed by atoms with van der Waals surface area (Å²) >= 11 is 11.7. The number of rotatable bonds is 1. The number of benzene rings is 1. The van der Waals surface area contributed by atoms with Crippen molar-refractivity contribution in [3.8, 4) is 0 Å². The van der Waals surface area contributed by atoms with Crippen LogP contribution in [0.25, 0.3) is 0 Å². The van der Waals surface area contributed by atoms with Gasteiger partial charge in [0.05, 0.1) is 0 Å². The van der Waals surface area contributed by atoms with Gasteiger partial charge in [-0.15, -0.1) is 0 Å². The van der Waals surface area contributed by atoms with E-state index in [-0.39, 0.29) is 5.84 Å². The summed E-state index contributed by atoms with van der Waals surface area (Å²) in [5.41, 5.74) is 6.27. The third kappa shape index (κ3) is 1.91. The van der Waals surface area contributed by atoms with Crippen LogP contribution in [0.2, 0.25) is 10.0 Å². The standard InChI is InChI=1S/C9H7Cl2N3O/c10-4-1-2-5(6(11)3-4)7-8(12)14-9(15)13-7/h1-3,7H,(H3,12,13,14,15). The first-order valence-electron chi connectivity index (χ1n) is 4.17. The van der Waals surface area contributed by atoms with E-state index in [2.05, 4.69) is 10.3 Å². The number of hydrogen-bond acceptors (Lipinski definition) is 2. The molecule has 0 saturated carbocycles. The second-order valence-electron chi connectivity index (χ2n) is 3.09. The van der Waals surface area contributed by atoms with Crippen molar-refractivity contribution >= 4 is 35.1 Å². The van der Waals surface area contributed by atoms with E-state index in [1.807, 2.05) is 0 Å². The highest BCUT2D eigenvalue weighted by molar-refractivity contribution is 6.35. The van der Waals surface area contributed by atoms with Crippen molar-refractivity contribution in [3.05, 3.63) is 33.8 Å². The zero-order valence-electron chi connectivity index (χ0n) is 7.50. The Morgan fingerprint density at radius 1 is 1.40 bits per heavy atom. The molecule has 1 heterocycles. The number of urea groups is 1. The minimum Gasteiger partial charge on any atom is -0.385 e. The van der Waals surface area contributed by atoms with Crippen molar-refractivity contribution in [2.24, 2.45) is 10.7 Å². The van der Waals surface area contributed by atoms with Gasteiger partial charge in [0.2, 0.25) is 0 Å². The van der Waals surface area contributed by atoms with Crippen molar-refractivity contribution in [1.82, 2.24) is 5.32 Å². The van der Waals surface area contributed by atoms with E-state index in [9.17, 15) is 4.79 Å². The lowest BCUT2D eigenvalue weighted by molar-refractivity contribution is 0.250. The zero-order valence-corrected chi connectivity index (χ0v) is 9.01. The number of nitrogens with two attached hydrogens (primary N) is 1. The number of amides is 2. The van der Waals surface area contributed by atoms with E-state index in [1.165, 1.54) is 0 Å². The number of amidine groups is 1. The molecule has 3 N–H and O–H groups in total. The summed E-state index contributed by atoms with van der Waals surface area (Å²) in [5.74, 6) is 0.212. The first kappa shape index (κ1) is 10.3. The summed E-state index contributed by atoms with van der Waals surface area (Å²) in [6, 6.07) is 4.07. The smallest absolute Gasteiger partial charge is 0.343 e. The molecule has 1 aromatic carbocycles. The van der Waals surface area contributed by atoms with Gasteiger partial charge in [-0.2, -0.15) is 4.99 Å². The van der Waals surface area contributed by atoms with Crippen LogP contribution in [-0.2, 0) is 0 Å². The first-order chi connectivity index (χ1) is 7.08. The Balaban J connectivity index is 2.39. The zero-order chi connectivity index (χ0) is 11.0. The predicted molar refractivity (Wildman–Crippen MR) is 59.4 cm³/mol. The van der Waals surface area contributed by atoms with Crippen LogP contribution in [0.4, 0.5) is 4.79 Å².